The van der Waals surface area contributed by atoms with Gasteiger partial charge in [0.2, 0.25) is 0 Å². The minimum absolute atomic E-state index is 0.285. The number of rotatable bonds is 4. The molecule has 3 fully saturated rings. The molecule has 1 aromatic heterocycles. The molecule has 6 nitrogen and oxygen atoms in total. The third kappa shape index (κ3) is 4.27. The van der Waals surface area contributed by atoms with Crippen LogP contribution in [0.4, 0.5) is 4.39 Å². The molecule has 2 aromatic carbocycles. The van der Waals surface area contributed by atoms with E-state index in [1.165, 1.54) is 56.2 Å². The second-order valence-electron chi connectivity index (χ2n) is 11.2. The smallest absolute Gasteiger partial charge is 0.178 e. The molecule has 4 heterocycles. The fourth-order valence-electron chi connectivity index (χ4n) is 6.84. The first-order chi connectivity index (χ1) is 17.2. The summed E-state index contributed by atoms with van der Waals surface area (Å²) in [5.41, 5.74) is 4.99. The quantitative estimate of drug-likeness (QED) is 0.558. The first-order valence-corrected chi connectivity index (χ1v) is 15.0. The standard InChI is InChI=1S/C28H35FN4O2S/c1-17-12-20(18-8-10-33(11-9-18)23-15-21-5-6-22(16-23)30-21)14-25-27(17)31-28(32(25)2)19-4-7-26(24(29)13-19)36(3,34)35/h4,7,12-14,18,21-23,30H,5-6,8-11,15-16H2,1-3H3. The summed E-state index contributed by atoms with van der Waals surface area (Å²) >= 11 is 0. The van der Waals surface area contributed by atoms with Crippen LogP contribution in [0.5, 0.6) is 0 Å². The Bertz CT molecular complexity index is 1410. The van der Waals surface area contributed by atoms with Gasteiger partial charge in [0.05, 0.1) is 11.0 Å². The van der Waals surface area contributed by atoms with Gasteiger partial charge in [-0.25, -0.2) is 17.8 Å². The number of nitrogens with one attached hydrogen (secondary N) is 1. The van der Waals surface area contributed by atoms with Crippen LogP contribution in [-0.4, -0.2) is 60.3 Å². The number of aryl methyl sites for hydroxylation is 2. The minimum atomic E-state index is -3.61. The Morgan fingerprint density at radius 2 is 1.72 bits per heavy atom. The van der Waals surface area contributed by atoms with E-state index in [2.05, 4.69) is 29.3 Å². The predicted molar refractivity (Wildman–Crippen MR) is 140 cm³/mol. The fraction of sp³-hybridized carbons (Fsp3) is 0.536. The van der Waals surface area contributed by atoms with E-state index in [-0.39, 0.29) is 4.90 Å². The van der Waals surface area contributed by atoms with Crippen LogP contribution in [0.1, 0.15) is 55.6 Å². The van der Waals surface area contributed by atoms with Gasteiger partial charge in [0.1, 0.15) is 16.5 Å². The molecule has 0 amide bonds. The second-order valence-corrected chi connectivity index (χ2v) is 13.2. The average molecular weight is 511 g/mol. The number of piperidine rings is 2. The van der Waals surface area contributed by atoms with Gasteiger partial charge in [0.15, 0.2) is 9.84 Å². The monoisotopic (exact) mass is 510 g/mol. The Hall–Kier alpha value is -2.29. The van der Waals surface area contributed by atoms with Crippen molar-refractivity contribution in [3.63, 3.8) is 0 Å². The van der Waals surface area contributed by atoms with Gasteiger partial charge in [-0.2, -0.15) is 0 Å². The van der Waals surface area contributed by atoms with E-state index in [1.54, 1.807) is 6.07 Å². The lowest BCUT2D eigenvalue weighted by molar-refractivity contribution is 0.111. The van der Waals surface area contributed by atoms with Gasteiger partial charge in [0, 0.05) is 37.0 Å². The van der Waals surface area contributed by atoms with Gasteiger partial charge in [-0.1, -0.05) is 6.07 Å². The summed E-state index contributed by atoms with van der Waals surface area (Å²) in [6, 6.07) is 11.0. The molecule has 2 atom stereocenters. The van der Waals surface area contributed by atoms with E-state index in [4.69, 9.17) is 4.98 Å². The molecular weight excluding hydrogens is 475 g/mol. The Morgan fingerprint density at radius 1 is 1.03 bits per heavy atom. The molecule has 3 aliphatic rings. The highest BCUT2D eigenvalue weighted by molar-refractivity contribution is 7.90. The number of hydrogen-bond acceptors (Lipinski definition) is 5. The summed E-state index contributed by atoms with van der Waals surface area (Å²) < 4.78 is 40.2. The lowest BCUT2D eigenvalue weighted by Crippen LogP contribution is -2.50. The van der Waals surface area contributed by atoms with Crippen molar-refractivity contribution in [3.8, 4) is 11.4 Å². The van der Waals surface area contributed by atoms with E-state index < -0.39 is 15.7 Å². The Labute approximate surface area is 212 Å². The number of sulfone groups is 1. The third-order valence-corrected chi connectivity index (χ3v) is 9.88. The molecule has 192 valence electrons. The van der Waals surface area contributed by atoms with Crippen LogP contribution < -0.4 is 5.32 Å². The number of likely N-dealkylation sites (tertiary alicyclic amines) is 1. The zero-order valence-electron chi connectivity index (χ0n) is 21.3. The van der Waals surface area contributed by atoms with Gasteiger partial charge in [0.25, 0.3) is 0 Å². The van der Waals surface area contributed by atoms with Crippen molar-refractivity contribution in [1.29, 1.82) is 0 Å². The summed E-state index contributed by atoms with van der Waals surface area (Å²) in [6.45, 7) is 4.42. The molecule has 0 aliphatic carbocycles. The highest BCUT2D eigenvalue weighted by Gasteiger charge is 2.37. The lowest BCUT2D eigenvalue weighted by Gasteiger charge is -2.41. The number of halogens is 1. The van der Waals surface area contributed by atoms with Crippen LogP contribution in [-0.2, 0) is 16.9 Å². The number of benzene rings is 2. The number of hydrogen-bond donors (Lipinski definition) is 1. The Kier molecular flexibility index (Phi) is 5.97. The molecule has 2 unspecified atom stereocenters. The van der Waals surface area contributed by atoms with Crippen molar-refractivity contribution in [2.24, 2.45) is 7.05 Å². The summed E-state index contributed by atoms with van der Waals surface area (Å²) in [4.78, 5) is 7.28. The van der Waals surface area contributed by atoms with Crippen molar-refractivity contribution in [1.82, 2.24) is 19.8 Å². The molecular formula is C28H35FN4O2S. The van der Waals surface area contributed by atoms with Crippen LogP contribution in [0.15, 0.2) is 35.2 Å². The van der Waals surface area contributed by atoms with Gasteiger partial charge in [-0.05, 0) is 99.8 Å². The first kappa shape index (κ1) is 24.1. The molecule has 0 radical (unpaired) electrons. The highest BCUT2D eigenvalue weighted by Crippen LogP contribution is 2.37. The van der Waals surface area contributed by atoms with Crippen LogP contribution in [0, 0.1) is 12.7 Å². The largest absolute Gasteiger partial charge is 0.327 e. The SMILES string of the molecule is Cc1cc(C2CCN(C3CC4CCC(C3)N4)CC2)cc2c1nc(-c1ccc(S(C)(=O)=O)c(F)c1)n2C. The van der Waals surface area contributed by atoms with Gasteiger partial charge < -0.3 is 14.8 Å². The molecule has 6 rings (SSSR count). The van der Waals surface area contributed by atoms with E-state index in [9.17, 15) is 12.8 Å². The number of imidazole rings is 1. The number of aromatic nitrogens is 2. The van der Waals surface area contributed by atoms with E-state index in [1.807, 2.05) is 11.6 Å². The normalized spacial score (nSPS) is 25.6. The minimum Gasteiger partial charge on any atom is -0.327 e. The van der Waals surface area contributed by atoms with Crippen molar-refractivity contribution < 1.29 is 12.8 Å². The predicted octanol–water partition coefficient (Wildman–Crippen LogP) is 4.55. The maximum absolute atomic E-state index is 14.6. The molecule has 0 saturated carbocycles. The maximum Gasteiger partial charge on any atom is 0.178 e. The molecule has 36 heavy (non-hydrogen) atoms. The molecule has 3 saturated heterocycles. The molecule has 2 bridgehead atoms. The summed E-state index contributed by atoms with van der Waals surface area (Å²) in [5.74, 6) is 0.431. The van der Waals surface area contributed by atoms with Gasteiger partial charge in [-0.3, -0.25) is 0 Å². The third-order valence-electron chi connectivity index (χ3n) is 8.75. The molecule has 3 aliphatic heterocycles. The summed E-state index contributed by atoms with van der Waals surface area (Å²) in [6.07, 6.45) is 8.66. The zero-order chi connectivity index (χ0) is 25.2. The second kappa shape index (κ2) is 8.92. The highest BCUT2D eigenvalue weighted by atomic mass is 32.2. The van der Waals surface area contributed by atoms with Gasteiger partial charge >= 0.3 is 0 Å². The Morgan fingerprint density at radius 3 is 2.36 bits per heavy atom. The van der Waals surface area contributed by atoms with Crippen LogP contribution in [0.25, 0.3) is 22.4 Å². The van der Waals surface area contributed by atoms with Crippen molar-refractivity contribution in [2.75, 3.05) is 19.3 Å². The lowest BCUT2D eigenvalue weighted by atomic mass is 9.86. The maximum atomic E-state index is 14.6. The molecule has 1 N–H and O–H groups in total. The van der Waals surface area contributed by atoms with E-state index in [0.717, 1.165) is 54.1 Å². The number of fused-ring (bicyclic) bond motifs is 3. The summed E-state index contributed by atoms with van der Waals surface area (Å²) in [7, 11) is -1.67. The molecule has 0 spiro atoms. The fourth-order valence-corrected chi connectivity index (χ4v) is 7.57. The molecule has 3 aromatic rings. The van der Waals surface area contributed by atoms with E-state index >= 15 is 0 Å². The first-order valence-electron chi connectivity index (χ1n) is 13.1. The van der Waals surface area contributed by atoms with Gasteiger partial charge in [-0.15, -0.1) is 0 Å². The van der Waals surface area contributed by atoms with Crippen molar-refractivity contribution in [3.05, 3.63) is 47.3 Å². The summed E-state index contributed by atoms with van der Waals surface area (Å²) in [5, 5.41) is 3.77. The van der Waals surface area contributed by atoms with E-state index in [0.29, 0.717) is 17.3 Å². The van der Waals surface area contributed by atoms with Crippen LogP contribution in [0.2, 0.25) is 0 Å². The van der Waals surface area contributed by atoms with Crippen molar-refractivity contribution in [2.45, 2.75) is 74.4 Å². The zero-order valence-corrected chi connectivity index (χ0v) is 22.1. The van der Waals surface area contributed by atoms with Crippen molar-refractivity contribution >= 4 is 20.9 Å². The average Bonchev–Trinajstić information content (AvgIpc) is 3.36. The van der Waals surface area contributed by atoms with Crippen LogP contribution in [0.3, 0.4) is 0 Å². The molecule has 8 heteroatoms. The topological polar surface area (TPSA) is 67.2 Å². The van der Waals surface area contributed by atoms with Crippen LogP contribution >= 0.6 is 0 Å². The Balaban J connectivity index is 1.24. The number of nitrogens with zero attached hydrogens (tertiary/aromatic N) is 3.